The Balaban J connectivity index is 1.41. The van der Waals surface area contributed by atoms with Gasteiger partial charge in [-0.15, -0.1) is 0 Å². The molecule has 238 valence electrons. The van der Waals surface area contributed by atoms with Crippen LogP contribution in [-0.2, 0) is 21.3 Å². The average molecular weight is 639 g/mol. The molecule has 0 fully saturated rings. The van der Waals surface area contributed by atoms with Crippen LogP contribution in [0.3, 0.4) is 0 Å². The van der Waals surface area contributed by atoms with Crippen molar-refractivity contribution in [3.63, 3.8) is 0 Å². The van der Waals surface area contributed by atoms with Crippen molar-refractivity contribution in [2.75, 3.05) is 37.3 Å². The van der Waals surface area contributed by atoms with Gasteiger partial charge in [0.25, 0.3) is 0 Å². The summed E-state index contributed by atoms with van der Waals surface area (Å²) < 4.78 is 32.1. The second-order valence-corrected chi connectivity index (χ2v) is 13.0. The van der Waals surface area contributed by atoms with Gasteiger partial charge in [0.1, 0.15) is 0 Å². The van der Waals surface area contributed by atoms with Gasteiger partial charge in [-0.3, -0.25) is 4.31 Å². The minimum atomic E-state index is -3.52. The fraction of sp³-hybridized carbons (Fsp3) is 0.222. The van der Waals surface area contributed by atoms with Gasteiger partial charge in [0.15, 0.2) is 5.88 Å². The first-order chi connectivity index (χ1) is 22.1. The predicted octanol–water partition coefficient (Wildman–Crippen LogP) is 6.51. The predicted molar refractivity (Wildman–Crippen MR) is 184 cm³/mol. The molecule has 0 radical (unpaired) electrons. The molecular formula is C36H38N4O5S. The SMILES string of the molecule is CCOC(=O)c1ccc2c(C(=Nc3ccc(N(CCCN(C)Cc4ccccc4)S(C)(=O)=O)cc3)c3ccccc3)c(O)[nH]c2c1. The second kappa shape index (κ2) is 14.4. The number of ether oxygens (including phenoxy) is 1. The van der Waals surface area contributed by atoms with E-state index in [4.69, 9.17) is 9.73 Å². The number of fused-ring (bicyclic) bond motifs is 1. The minimum absolute atomic E-state index is 0.0873. The Labute approximate surface area is 269 Å². The first kappa shape index (κ1) is 32.5. The Bertz CT molecular complexity index is 1920. The van der Waals surface area contributed by atoms with Crippen LogP contribution in [0.2, 0.25) is 0 Å². The van der Waals surface area contributed by atoms with E-state index in [1.165, 1.54) is 16.1 Å². The Morgan fingerprint density at radius 3 is 2.22 bits per heavy atom. The first-order valence-electron chi connectivity index (χ1n) is 15.1. The number of hydrogen-bond donors (Lipinski definition) is 2. The summed E-state index contributed by atoms with van der Waals surface area (Å²) >= 11 is 0. The number of esters is 1. The Morgan fingerprint density at radius 2 is 1.57 bits per heavy atom. The van der Waals surface area contributed by atoms with E-state index < -0.39 is 16.0 Å². The number of nitrogens with one attached hydrogen (secondary N) is 1. The third-order valence-electron chi connectivity index (χ3n) is 7.55. The zero-order valence-electron chi connectivity index (χ0n) is 26.2. The number of carbonyl (C=O) groups excluding carboxylic acids is 1. The molecule has 0 spiro atoms. The molecule has 0 amide bonds. The van der Waals surface area contributed by atoms with Gasteiger partial charge in [0.05, 0.1) is 41.1 Å². The normalized spacial score (nSPS) is 12.0. The highest BCUT2D eigenvalue weighted by molar-refractivity contribution is 7.92. The van der Waals surface area contributed by atoms with Crippen LogP contribution >= 0.6 is 0 Å². The summed E-state index contributed by atoms with van der Waals surface area (Å²) in [6, 6.07) is 31.7. The number of rotatable bonds is 13. The van der Waals surface area contributed by atoms with Gasteiger partial charge < -0.3 is 19.7 Å². The maximum Gasteiger partial charge on any atom is 0.338 e. The average Bonchev–Trinajstić information content (AvgIpc) is 3.37. The van der Waals surface area contributed by atoms with E-state index in [1.807, 2.05) is 55.6 Å². The maximum absolute atomic E-state index is 12.8. The summed E-state index contributed by atoms with van der Waals surface area (Å²) in [5.41, 5.74) is 5.04. The summed E-state index contributed by atoms with van der Waals surface area (Å²) in [6.07, 6.45) is 1.87. The molecule has 0 saturated carbocycles. The van der Waals surface area contributed by atoms with Gasteiger partial charge in [-0.25, -0.2) is 18.2 Å². The lowest BCUT2D eigenvalue weighted by Crippen LogP contribution is -2.32. The summed E-state index contributed by atoms with van der Waals surface area (Å²) in [7, 11) is -1.50. The Hall–Kier alpha value is -4.93. The van der Waals surface area contributed by atoms with Gasteiger partial charge >= 0.3 is 5.97 Å². The molecule has 0 aliphatic carbocycles. The number of aliphatic imine (C=N–C) groups is 1. The van der Waals surface area contributed by atoms with Crippen molar-refractivity contribution in [3.05, 3.63) is 125 Å². The minimum Gasteiger partial charge on any atom is -0.494 e. The number of aromatic hydroxyl groups is 1. The third-order valence-corrected chi connectivity index (χ3v) is 8.74. The van der Waals surface area contributed by atoms with E-state index in [2.05, 4.69) is 22.0 Å². The molecule has 5 aromatic rings. The van der Waals surface area contributed by atoms with Gasteiger partial charge in [-0.2, -0.15) is 0 Å². The van der Waals surface area contributed by atoms with Crippen molar-refractivity contribution in [1.29, 1.82) is 0 Å². The number of carbonyl (C=O) groups is 1. The molecule has 2 N–H and O–H groups in total. The number of anilines is 1. The van der Waals surface area contributed by atoms with Crippen LogP contribution in [0.25, 0.3) is 10.9 Å². The number of hydrogen-bond acceptors (Lipinski definition) is 7. The third kappa shape index (κ3) is 7.82. The molecule has 0 aliphatic heterocycles. The van der Waals surface area contributed by atoms with Crippen LogP contribution in [0, 0.1) is 0 Å². The van der Waals surface area contributed by atoms with Crippen LogP contribution in [0.5, 0.6) is 5.88 Å². The summed E-state index contributed by atoms with van der Waals surface area (Å²) in [5, 5.41) is 11.7. The van der Waals surface area contributed by atoms with Gasteiger partial charge in [-0.1, -0.05) is 66.7 Å². The summed E-state index contributed by atoms with van der Waals surface area (Å²) in [4.78, 5) is 22.4. The molecule has 10 heteroatoms. The molecule has 0 atom stereocenters. The van der Waals surface area contributed by atoms with Gasteiger partial charge in [-0.05, 0) is 68.9 Å². The number of benzene rings is 4. The fourth-order valence-corrected chi connectivity index (χ4v) is 6.36. The Kier molecular flexibility index (Phi) is 10.2. The molecule has 9 nitrogen and oxygen atoms in total. The highest BCUT2D eigenvalue weighted by atomic mass is 32.2. The molecule has 0 saturated heterocycles. The maximum atomic E-state index is 12.8. The van der Waals surface area contributed by atoms with Crippen molar-refractivity contribution in [1.82, 2.24) is 9.88 Å². The van der Waals surface area contributed by atoms with E-state index in [1.54, 1.807) is 49.4 Å². The molecule has 4 aromatic carbocycles. The lowest BCUT2D eigenvalue weighted by atomic mass is 10.00. The van der Waals surface area contributed by atoms with Gasteiger partial charge in [0.2, 0.25) is 10.0 Å². The number of aromatic nitrogens is 1. The number of aromatic amines is 1. The fourth-order valence-electron chi connectivity index (χ4n) is 5.39. The molecule has 0 unspecified atom stereocenters. The van der Waals surface area contributed by atoms with Crippen molar-refractivity contribution in [2.45, 2.75) is 19.9 Å². The first-order valence-corrected chi connectivity index (χ1v) is 17.0. The van der Waals surface area contributed by atoms with Crippen molar-refractivity contribution in [2.24, 2.45) is 4.99 Å². The standard InChI is InChI=1S/C36H38N4O5S/c1-4-45-36(42)28-16-21-31-32(24-28)38-35(41)33(31)34(27-14-9-6-10-15-27)37-29-17-19-30(20-18-29)40(46(3,43)44)23-11-22-39(2)25-26-12-7-5-8-13-26/h5-10,12-21,24,38,41H,4,11,22-23,25H2,1-3H3. The van der Waals surface area contributed by atoms with E-state index in [9.17, 15) is 18.3 Å². The van der Waals surface area contributed by atoms with Crippen molar-refractivity contribution < 1.29 is 23.1 Å². The largest absolute Gasteiger partial charge is 0.494 e. The second-order valence-electron chi connectivity index (χ2n) is 11.1. The number of nitrogens with zero attached hydrogens (tertiary/aromatic N) is 3. The number of sulfonamides is 1. The smallest absolute Gasteiger partial charge is 0.338 e. The monoisotopic (exact) mass is 638 g/mol. The topological polar surface area (TPSA) is 115 Å². The lowest BCUT2D eigenvalue weighted by Gasteiger charge is -2.24. The van der Waals surface area contributed by atoms with Gasteiger partial charge in [0, 0.05) is 29.6 Å². The molecule has 5 rings (SSSR count). The molecular weight excluding hydrogens is 600 g/mol. The van der Waals surface area contributed by atoms with Crippen molar-refractivity contribution in [3.8, 4) is 5.88 Å². The zero-order valence-corrected chi connectivity index (χ0v) is 27.0. The van der Waals surface area contributed by atoms with E-state index >= 15 is 0 Å². The van der Waals surface area contributed by atoms with Crippen molar-refractivity contribution >= 4 is 44.0 Å². The lowest BCUT2D eigenvalue weighted by molar-refractivity contribution is 0.0526. The molecule has 1 aromatic heterocycles. The summed E-state index contributed by atoms with van der Waals surface area (Å²) in [6.45, 7) is 3.87. The van der Waals surface area contributed by atoms with Crippen LogP contribution in [0.1, 0.15) is 40.4 Å². The quantitative estimate of drug-likeness (QED) is 0.112. The van der Waals surface area contributed by atoms with E-state index in [0.29, 0.717) is 52.1 Å². The van der Waals surface area contributed by atoms with Crippen LogP contribution in [0.15, 0.2) is 108 Å². The molecule has 0 bridgehead atoms. The number of H-pyrrole nitrogens is 1. The van der Waals surface area contributed by atoms with Crippen LogP contribution < -0.4 is 4.31 Å². The Morgan fingerprint density at radius 1 is 0.891 bits per heavy atom. The molecule has 0 aliphatic rings. The molecule has 46 heavy (non-hydrogen) atoms. The van der Waals surface area contributed by atoms with Crippen LogP contribution in [0.4, 0.5) is 11.4 Å². The summed E-state index contributed by atoms with van der Waals surface area (Å²) in [5.74, 6) is -0.532. The highest BCUT2D eigenvalue weighted by Crippen LogP contribution is 2.33. The van der Waals surface area contributed by atoms with Crippen LogP contribution in [-0.4, -0.2) is 68.1 Å². The van der Waals surface area contributed by atoms with E-state index in [-0.39, 0.29) is 12.5 Å². The van der Waals surface area contributed by atoms with E-state index in [0.717, 1.165) is 18.7 Å². The zero-order chi connectivity index (χ0) is 32.7. The molecule has 1 heterocycles. The highest BCUT2D eigenvalue weighted by Gasteiger charge is 2.21.